The van der Waals surface area contributed by atoms with E-state index < -0.39 is 0 Å². The molecule has 0 bridgehead atoms. The number of aryl methyl sites for hydroxylation is 1. The molecule has 0 aliphatic heterocycles. The zero-order valence-corrected chi connectivity index (χ0v) is 11.9. The number of hydrogen-bond donors (Lipinski definition) is 1. The van der Waals surface area contributed by atoms with Gasteiger partial charge in [-0.3, -0.25) is 4.98 Å². The van der Waals surface area contributed by atoms with E-state index in [0.717, 1.165) is 29.9 Å². The molecule has 2 aromatic rings. The lowest BCUT2D eigenvalue weighted by Gasteiger charge is -2.12. The number of nitrogens with zero attached hydrogens (tertiary/aromatic N) is 1. The average molecular weight is 272 g/mol. The molecule has 0 amide bonds. The van der Waals surface area contributed by atoms with Crippen LogP contribution in [0.2, 0.25) is 0 Å². The second kappa shape index (κ2) is 6.91. The first-order valence-corrected chi connectivity index (χ1v) is 6.60. The molecular weight excluding hydrogens is 252 g/mol. The topological polar surface area (TPSA) is 57.4 Å². The molecule has 1 unspecified atom stereocenters. The molecule has 0 saturated carbocycles. The SMILES string of the molecule is COc1ccc(CCC(N)c2cncc(OC)c2)cc1. The molecule has 1 atom stereocenters. The van der Waals surface area contributed by atoms with Crippen molar-refractivity contribution >= 4 is 0 Å². The molecule has 0 saturated heterocycles. The van der Waals surface area contributed by atoms with Gasteiger partial charge in [0.2, 0.25) is 0 Å². The lowest BCUT2D eigenvalue weighted by Crippen LogP contribution is -2.11. The van der Waals surface area contributed by atoms with Crippen LogP contribution < -0.4 is 15.2 Å². The van der Waals surface area contributed by atoms with E-state index in [2.05, 4.69) is 17.1 Å². The molecule has 0 aliphatic rings. The van der Waals surface area contributed by atoms with Crippen molar-refractivity contribution in [3.8, 4) is 11.5 Å². The summed E-state index contributed by atoms with van der Waals surface area (Å²) in [5.74, 6) is 1.61. The molecule has 0 fully saturated rings. The van der Waals surface area contributed by atoms with Crippen LogP contribution in [0.3, 0.4) is 0 Å². The Morgan fingerprint density at radius 1 is 1.05 bits per heavy atom. The van der Waals surface area contributed by atoms with E-state index in [-0.39, 0.29) is 6.04 Å². The van der Waals surface area contributed by atoms with Crippen molar-refractivity contribution in [1.29, 1.82) is 0 Å². The molecule has 0 spiro atoms. The van der Waals surface area contributed by atoms with Crippen LogP contribution in [0.25, 0.3) is 0 Å². The highest BCUT2D eigenvalue weighted by atomic mass is 16.5. The third-order valence-electron chi connectivity index (χ3n) is 3.30. The van der Waals surface area contributed by atoms with E-state index in [4.69, 9.17) is 15.2 Å². The molecule has 4 heteroatoms. The summed E-state index contributed by atoms with van der Waals surface area (Å²) in [6, 6.07) is 9.96. The van der Waals surface area contributed by atoms with Gasteiger partial charge in [-0.05, 0) is 42.2 Å². The predicted octanol–water partition coefficient (Wildman–Crippen LogP) is 2.73. The summed E-state index contributed by atoms with van der Waals surface area (Å²) >= 11 is 0. The standard InChI is InChI=1S/C16H20N2O2/c1-19-14-6-3-12(4-7-14)5-8-16(17)13-9-15(20-2)11-18-10-13/h3-4,6-7,9-11,16H,5,8,17H2,1-2H3. The summed E-state index contributed by atoms with van der Waals surface area (Å²) in [6.45, 7) is 0. The number of hydrogen-bond acceptors (Lipinski definition) is 4. The van der Waals surface area contributed by atoms with Crippen LogP contribution in [0.4, 0.5) is 0 Å². The van der Waals surface area contributed by atoms with E-state index in [9.17, 15) is 0 Å². The fraction of sp³-hybridized carbons (Fsp3) is 0.312. The third-order valence-corrected chi connectivity index (χ3v) is 3.30. The Bertz CT molecular complexity index is 540. The molecule has 4 nitrogen and oxygen atoms in total. The van der Waals surface area contributed by atoms with Gasteiger partial charge in [0.05, 0.1) is 20.4 Å². The van der Waals surface area contributed by atoms with E-state index in [1.54, 1.807) is 26.6 Å². The molecule has 106 valence electrons. The number of aromatic nitrogens is 1. The van der Waals surface area contributed by atoms with Crippen molar-refractivity contribution in [1.82, 2.24) is 4.98 Å². The normalized spacial score (nSPS) is 11.9. The molecule has 2 N–H and O–H groups in total. The van der Waals surface area contributed by atoms with Gasteiger partial charge in [-0.15, -0.1) is 0 Å². The van der Waals surface area contributed by atoms with Gasteiger partial charge in [0.15, 0.2) is 0 Å². The number of pyridine rings is 1. The average Bonchev–Trinajstić information content (AvgIpc) is 2.53. The van der Waals surface area contributed by atoms with Crippen LogP contribution in [-0.4, -0.2) is 19.2 Å². The number of nitrogens with two attached hydrogens (primary N) is 1. The largest absolute Gasteiger partial charge is 0.497 e. The zero-order valence-electron chi connectivity index (χ0n) is 11.9. The maximum Gasteiger partial charge on any atom is 0.137 e. The maximum atomic E-state index is 6.20. The third kappa shape index (κ3) is 3.71. The van der Waals surface area contributed by atoms with Gasteiger partial charge >= 0.3 is 0 Å². The molecule has 2 rings (SSSR count). The van der Waals surface area contributed by atoms with Crippen molar-refractivity contribution in [3.63, 3.8) is 0 Å². The Hall–Kier alpha value is -2.07. The summed E-state index contributed by atoms with van der Waals surface area (Å²) in [5, 5.41) is 0. The summed E-state index contributed by atoms with van der Waals surface area (Å²) in [7, 11) is 3.30. The van der Waals surface area contributed by atoms with Crippen molar-refractivity contribution < 1.29 is 9.47 Å². The Morgan fingerprint density at radius 3 is 2.40 bits per heavy atom. The quantitative estimate of drug-likeness (QED) is 0.878. The van der Waals surface area contributed by atoms with Gasteiger partial charge in [-0.25, -0.2) is 0 Å². The highest BCUT2D eigenvalue weighted by Crippen LogP contribution is 2.20. The van der Waals surface area contributed by atoms with Crippen LogP contribution in [-0.2, 0) is 6.42 Å². The fourth-order valence-corrected chi connectivity index (χ4v) is 2.03. The minimum atomic E-state index is -0.0419. The van der Waals surface area contributed by atoms with Crippen molar-refractivity contribution in [2.24, 2.45) is 5.73 Å². The monoisotopic (exact) mass is 272 g/mol. The first-order valence-electron chi connectivity index (χ1n) is 6.60. The maximum absolute atomic E-state index is 6.20. The number of benzene rings is 1. The lowest BCUT2D eigenvalue weighted by atomic mass is 10.0. The smallest absolute Gasteiger partial charge is 0.137 e. The second-order valence-electron chi connectivity index (χ2n) is 4.65. The number of ether oxygens (including phenoxy) is 2. The summed E-state index contributed by atoms with van der Waals surface area (Å²) in [6.07, 6.45) is 5.25. The molecule has 20 heavy (non-hydrogen) atoms. The van der Waals surface area contributed by atoms with E-state index in [0.29, 0.717) is 0 Å². The zero-order chi connectivity index (χ0) is 14.4. The minimum absolute atomic E-state index is 0.0419. The number of rotatable bonds is 6. The van der Waals surface area contributed by atoms with Gasteiger partial charge in [0.1, 0.15) is 11.5 Å². The highest BCUT2D eigenvalue weighted by molar-refractivity contribution is 5.28. The van der Waals surface area contributed by atoms with Crippen LogP contribution in [0, 0.1) is 0 Å². The molecule has 0 radical (unpaired) electrons. The van der Waals surface area contributed by atoms with Gasteiger partial charge in [0.25, 0.3) is 0 Å². The van der Waals surface area contributed by atoms with E-state index in [1.165, 1.54) is 5.56 Å². The predicted molar refractivity (Wildman–Crippen MR) is 79.0 cm³/mol. The van der Waals surface area contributed by atoms with Crippen LogP contribution in [0.1, 0.15) is 23.6 Å². The molecule has 1 aromatic heterocycles. The number of methoxy groups -OCH3 is 2. The molecular formula is C16H20N2O2. The Morgan fingerprint density at radius 2 is 1.75 bits per heavy atom. The molecule has 0 aliphatic carbocycles. The Balaban J connectivity index is 1.95. The Kier molecular flexibility index (Phi) is 4.96. The first-order chi connectivity index (χ1) is 9.72. The van der Waals surface area contributed by atoms with Gasteiger partial charge < -0.3 is 15.2 Å². The summed E-state index contributed by atoms with van der Waals surface area (Å²) < 4.78 is 10.3. The Labute approximate surface area is 119 Å². The van der Waals surface area contributed by atoms with Gasteiger partial charge in [-0.2, -0.15) is 0 Å². The van der Waals surface area contributed by atoms with E-state index >= 15 is 0 Å². The highest BCUT2D eigenvalue weighted by Gasteiger charge is 2.08. The molecule has 1 heterocycles. The van der Waals surface area contributed by atoms with Gasteiger partial charge in [0, 0.05) is 12.2 Å². The van der Waals surface area contributed by atoms with Crippen molar-refractivity contribution in [3.05, 3.63) is 53.9 Å². The van der Waals surface area contributed by atoms with Crippen molar-refractivity contribution in [2.75, 3.05) is 14.2 Å². The summed E-state index contributed by atoms with van der Waals surface area (Å²) in [4.78, 5) is 4.13. The fourth-order valence-electron chi connectivity index (χ4n) is 2.03. The van der Waals surface area contributed by atoms with Crippen LogP contribution in [0.5, 0.6) is 11.5 Å². The van der Waals surface area contributed by atoms with Gasteiger partial charge in [-0.1, -0.05) is 12.1 Å². The first kappa shape index (κ1) is 14.3. The van der Waals surface area contributed by atoms with E-state index in [1.807, 2.05) is 18.2 Å². The van der Waals surface area contributed by atoms with Crippen LogP contribution >= 0.6 is 0 Å². The minimum Gasteiger partial charge on any atom is -0.497 e. The van der Waals surface area contributed by atoms with Crippen LogP contribution in [0.15, 0.2) is 42.7 Å². The molecule has 1 aromatic carbocycles. The van der Waals surface area contributed by atoms with Crippen molar-refractivity contribution in [2.45, 2.75) is 18.9 Å². The second-order valence-corrected chi connectivity index (χ2v) is 4.65. The summed E-state index contributed by atoms with van der Waals surface area (Å²) in [5.41, 5.74) is 8.45. The lowest BCUT2D eigenvalue weighted by molar-refractivity contribution is 0.411.